The van der Waals surface area contributed by atoms with E-state index in [1.165, 1.54) is 11.0 Å². The number of nitrogens with two attached hydrogens (primary N) is 1. The molecule has 3 atom stereocenters. The first-order valence-electron chi connectivity index (χ1n) is 4.75. The number of carbonyl (C=O) groups is 1. The smallest absolute Gasteiger partial charge is 0.288 e. The van der Waals surface area contributed by atoms with Crippen molar-refractivity contribution in [1.82, 2.24) is 14.8 Å². The van der Waals surface area contributed by atoms with Gasteiger partial charge in [0.2, 0.25) is 5.82 Å². The number of hydrogen-bond donors (Lipinski definition) is 3. The van der Waals surface area contributed by atoms with E-state index in [1.807, 2.05) is 0 Å². The first-order chi connectivity index (χ1) is 7.63. The molecule has 4 N–H and O–H groups in total. The topological polar surface area (TPSA) is 123 Å². The Morgan fingerprint density at radius 1 is 1.75 bits per heavy atom. The second kappa shape index (κ2) is 4.16. The molecule has 0 radical (unpaired) electrons. The number of nitrogens with zero attached hydrogens (tertiary/aromatic N) is 3. The molecule has 8 heteroatoms. The summed E-state index contributed by atoms with van der Waals surface area (Å²) in [5.41, 5.74) is 5.00. The van der Waals surface area contributed by atoms with E-state index in [-0.39, 0.29) is 19.0 Å². The van der Waals surface area contributed by atoms with Crippen LogP contribution in [0, 0.1) is 0 Å². The van der Waals surface area contributed by atoms with Crippen molar-refractivity contribution in [2.24, 2.45) is 5.73 Å². The van der Waals surface area contributed by atoms with E-state index >= 15 is 0 Å². The van der Waals surface area contributed by atoms with Crippen LogP contribution in [0.2, 0.25) is 0 Å². The average molecular weight is 228 g/mol. The van der Waals surface area contributed by atoms with E-state index in [1.54, 1.807) is 0 Å². The lowest BCUT2D eigenvalue weighted by molar-refractivity contribution is 0.00171. The first-order valence-corrected chi connectivity index (χ1v) is 4.75. The van der Waals surface area contributed by atoms with Gasteiger partial charge in [-0.05, 0) is 0 Å². The van der Waals surface area contributed by atoms with Crippen molar-refractivity contribution in [3.05, 3.63) is 12.2 Å². The third-order valence-corrected chi connectivity index (χ3v) is 2.50. The maximum absolute atomic E-state index is 10.8. The monoisotopic (exact) mass is 228 g/mol. The number of aliphatic hydroxyl groups excluding tert-OH is 2. The van der Waals surface area contributed by atoms with E-state index in [9.17, 15) is 9.90 Å². The van der Waals surface area contributed by atoms with E-state index in [0.29, 0.717) is 0 Å². The molecule has 16 heavy (non-hydrogen) atoms. The number of aromatic nitrogens is 3. The molecule has 1 aliphatic heterocycles. The predicted molar refractivity (Wildman–Crippen MR) is 50.4 cm³/mol. The van der Waals surface area contributed by atoms with Crippen LogP contribution < -0.4 is 5.73 Å². The quantitative estimate of drug-likeness (QED) is 0.533. The van der Waals surface area contributed by atoms with Gasteiger partial charge in [-0.25, -0.2) is 9.67 Å². The number of carbonyl (C=O) groups excluding carboxylic acids is 1. The summed E-state index contributed by atoms with van der Waals surface area (Å²) in [5, 5.41) is 22.5. The van der Waals surface area contributed by atoms with Crippen LogP contribution in [0.1, 0.15) is 16.7 Å². The number of amides is 1. The molecule has 1 aliphatic rings. The Kier molecular flexibility index (Phi) is 2.86. The van der Waals surface area contributed by atoms with Gasteiger partial charge in [0.15, 0.2) is 0 Å². The number of aliphatic hydroxyl groups is 2. The highest BCUT2D eigenvalue weighted by atomic mass is 16.5. The SMILES string of the molecule is NC(=O)c1ncn([C@@H]2CO[C@H](CO)[C@@H]2O)n1. The minimum absolute atomic E-state index is 0.111. The molecule has 8 nitrogen and oxygen atoms in total. The Labute approximate surface area is 90.6 Å². The predicted octanol–water partition coefficient (Wildman–Crippen LogP) is -2.33. The highest BCUT2D eigenvalue weighted by Crippen LogP contribution is 2.23. The number of hydrogen-bond acceptors (Lipinski definition) is 6. The fourth-order valence-corrected chi connectivity index (χ4v) is 1.61. The lowest BCUT2D eigenvalue weighted by atomic mass is 10.1. The summed E-state index contributed by atoms with van der Waals surface area (Å²) in [4.78, 5) is 14.5. The van der Waals surface area contributed by atoms with Gasteiger partial charge >= 0.3 is 0 Å². The molecule has 1 aromatic rings. The van der Waals surface area contributed by atoms with Gasteiger partial charge in [0, 0.05) is 0 Å². The standard InChI is InChI=1S/C8H12N4O4/c9-7(15)8-10-3-12(11-8)4-2-16-5(1-13)6(4)14/h3-6,13-14H,1-2H2,(H2,9,15)/t4-,5-,6-/m1/s1. The minimum atomic E-state index is -0.882. The Bertz CT molecular complexity index is 393. The van der Waals surface area contributed by atoms with Gasteiger partial charge in [-0.15, -0.1) is 5.10 Å². The van der Waals surface area contributed by atoms with Crippen LogP contribution in [0.25, 0.3) is 0 Å². The molecule has 0 unspecified atom stereocenters. The van der Waals surface area contributed by atoms with Crippen molar-refractivity contribution in [3.63, 3.8) is 0 Å². The molecule has 2 rings (SSSR count). The second-order valence-corrected chi connectivity index (χ2v) is 3.52. The van der Waals surface area contributed by atoms with Gasteiger partial charge in [-0.1, -0.05) is 0 Å². The van der Waals surface area contributed by atoms with Crippen LogP contribution in [0.3, 0.4) is 0 Å². The highest BCUT2D eigenvalue weighted by Gasteiger charge is 2.37. The van der Waals surface area contributed by atoms with Gasteiger partial charge in [-0.3, -0.25) is 4.79 Å². The van der Waals surface area contributed by atoms with Crippen LogP contribution in [0.5, 0.6) is 0 Å². The van der Waals surface area contributed by atoms with Gasteiger partial charge in [0.05, 0.1) is 13.2 Å². The van der Waals surface area contributed by atoms with Crippen LogP contribution in [0.15, 0.2) is 6.33 Å². The maximum Gasteiger partial charge on any atom is 0.288 e. The normalized spacial score (nSPS) is 29.5. The first kappa shape index (κ1) is 11.0. The fraction of sp³-hybridized carbons (Fsp3) is 0.625. The van der Waals surface area contributed by atoms with Crippen LogP contribution in [0.4, 0.5) is 0 Å². The summed E-state index contributed by atoms with van der Waals surface area (Å²) in [5.74, 6) is -0.842. The molecule has 2 heterocycles. The molecule has 0 aliphatic carbocycles. The van der Waals surface area contributed by atoms with E-state index in [0.717, 1.165) is 0 Å². The zero-order valence-corrected chi connectivity index (χ0v) is 8.35. The summed E-state index contributed by atoms with van der Waals surface area (Å²) in [6.45, 7) is -0.0665. The largest absolute Gasteiger partial charge is 0.394 e. The van der Waals surface area contributed by atoms with Crippen LogP contribution >= 0.6 is 0 Å². The maximum atomic E-state index is 10.8. The molecule has 1 amide bonds. The summed E-state index contributed by atoms with van der Waals surface area (Å²) in [7, 11) is 0. The molecule has 88 valence electrons. The Hall–Kier alpha value is -1.51. The average Bonchev–Trinajstić information content (AvgIpc) is 2.83. The minimum Gasteiger partial charge on any atom is -0.394 e. The number of rotatable bonds is 3. The number of ether oxygens (including phenoxy) is 1. The fourth-order valence-electron chi connectivity index (χ4n) is 1.61. The second-order valence-electron chi connectivity index (χ2n) is 3.52. The van der Waals surface area contributed by atoms with Gasteiger partial charge in [0.1, 0.15) is 24.6 Å². The molecular weight excluding hydrogens is 216 g/mol. The van der Waals surface area contributed by atoms with Gasteiger partial charge in [0.25, 0.3) is 5.91 Å². The molecule has 1 saturated heterocycles. The van der Waals surface area contributed by atoms with Crippen LogP contribution in [-0.4, -0.2) is 56.3 Å². The molecule has 1 aromatic heterocycles. The van der Waals surface area contributed by atoms with Gasteiger partial charge in [-0.2, -0.15) is 0 Å². The molecular formula is C8H12N4O4. The van der Waals surface area contributed by atoms with Crippen molar-refractivity contribution in [2.45, 2.75) is 18.2 Å². The Morgan fingerprint density at radius 2 is 2.50 bits per heavy atom. The summed E-state index contributed by atoms with van der Waals surface area (Å²) in [6, 6.07) is -0.460. The molecule has 0 spiro atoms. The molecule has 0 saturated carbocycles. The van der Waals surface area contributed by atoms with Crippen molar-refractivity contribution in [3.8, 4) is 0 Å². The van der Waals surface area contributed by atoms with Crippen molar-refractivity contribution in [1.29, 1.82) is 0 Å². The Morgan fingerprint density at radius 3 is 3.00 bits per heavy atom. The zero-order valence-electron chi connectivity index (χ0n) is 8.35. The molecule has 0 bridgehead atoms. The molecule has 1 fully saturated rings. The van der Waals surface area contributed by atoms with Crippen molar-refractivity contribution in [2.75, 3.05) is 13.2 Å². The lowest BCUT2D eigenvalue weighted by Gasteiger charge is -2.15. The van der Waals surface area contributed by atoms with Crippen LogP contribution in [-0.2, 0) is 4.74 Å². The lowest BCUT2D eigenvalue weighted by Crippen LogP contribution is -2.31. The van der Waals surface area contributed by atoms with E-state index in [4.69, 9.17) is 15.6 Å². The summed E-state index contributed by atoms with van der Waals surface area (Å²) < 4.78 is 6.47. The highest BCUT2D eigenvalue weighted by molar-refractivity contribution is 5.88. The summed E-state index contributed by atoms with van der Waals surface area (Å²) >= 11 is 0. The van der Waals surface area contributed by atoms with Gasteiger partial charge < -0.3 is 20.7 Å². The Balaban J connectivity index is 2.15. The third-order valence-electron chi connectivity index (χ3n) is 2.50. The molecule has 0 aromatic carbocycles. The zero-order chi connectivity index (χ0) is 11.7. The van der Waals surface area contributed by atoms with Crippen molar-refractivity contribution >= 4 is 5.91 Å². The van der Waals surface area contributed by atoms with E-state index in [2.05, 4.69) is 10.1 Å². The number of primary amides is 1. The third kappa shape index (κ3) is 1.77. The summed E-state index contributed by atoms with van der Waals surface area (Å²) in [6.07, 6.45) is -0.212. The van der Waals surface area contributed by atoms with Crippen molar-refractivity contribution < 1.29 is 19.7 Å². The van der Waals surface area contributed by atoms with E-state index < -0.39 is 24.2 Å².